The molecule has 0 aliphatic heterocycles. The van der Waals surface area contributed by atoms with E-state index in [1.807, 2.05) is 12.1 Å². The molecule has 0 saturated heterocycles. The van der Waals surface area contributed by atoms with Gasteiger partial charge >= 0.3 is 0 Å². The molecule has 0 amide bonds. The first-order valence-corrected chi connectivity index (χ1v) is 8.26. The van der Waals surface area contributed by atoms with Gasteiger partial charge in [-0.1, -0.05) is 36.2 Å². The number of hydrogen-bond donors (Lipinski definition) is 2. The molecule has 0 radical (unpaired) electrons. The van der Waals surface area contributed by atoms with Crippen molar-refractivity contribution in [2.45, 2.75) is 56.6 Å². The Labute approximate surface area is 126 Å². The monoisotopic (exact) mass is 293 g/mol. The van der Waals surface area contributed by atoms with Crippen molar-refractivity contribution in [1.82, 2.24) is 5.32 Å². The Bertz CT molecular complexity index is 444. The molecule has 0 spiro atoms. The second-order valence-electron chi connectivity index (χ2n) is 6.48. The van der Waals surface area contributed by atoms with E-state index in [1.165, 1.54) is 31.2 Å². The maximum Gasteiger partial charge on any atom is 0.0543 e. The maximum atomic E-state index is 9.69. The summed E-state index contributed by atoms with van der Waals surface area (Å²) in [6.07, 6.45) is 6.75. The van der Waals surface area contributed by atoms with Crippen molar-refractivity contribution in [3.8, 4) is 0 Å². The third-order valence-corrected chi connectivity index (χ3v) is 5.28. The van der Waals surface area contributed by atoms with E-state index in [0.29, 0.717) is 17.9 Å². The number of hydrogen-bond acceptors (Lipinski definition) is 2. The summed E-state index contributed by atoms with van der Waals surface area (Å²) >= 11 is 6.25. The fourth-order valence-corrected chi connectivity index (χ4v) is 3.92. The van der Waals surface area contributed by atoms with Gasteiger partial charge < -0.3 is 10.4 Å². The Morgan fingerprint density at radius 3 is 2.70 bits per heavy atom. The van der Waals surface area contributed by atoms with Crippen molar-refractivity contribution in [2.24, 2.45) is 5.92 Å². The molecule has 20 heavy (non-hydrogen) atoms. The van der Waals surface area contributed by atoms with Crippen molar-refractivity contribution in [2.75, 3.05) is 6.54 Å². The summed E-state index contributed by atoms with van der Waals surface area (Å²) in [6, 6.07) is 8.84. The Morgan fingerprint density at radius 2 is 1.95 bits per heavy atom. The molecule has 0 bridgehead atoms. The van der Waals surface area contributed by atoms with E-state index in [1.54, 1.807) is 0 Å². The number of rotatable bonds is 4. The third-order valence-electron chi connectivity index (χ3n) is 4.93. The second kappa shape index (κ2) is 6.46. The van der Waals surface area contributed by atoms with Gasteiger partial charge in [0.25, 0.3) is 0 Å². The van der Waals surface area contributed by atoms with Crippen LogP contribution in [-0.2, 0) is 0 Å². The zero-order valence-corrected chi connectivity index (χ0v) is 12.6. The second-order valence-corrected chi connectivity index (χ2v) is 6.89. The van der Waals surface area contributed by atoms with E-state index in [4.69, 9.17) is 11.6 Å². The lowest BCUT2D eigenvalue weighted by atomic mass is 9.75. The SMILES string of the molecule is OC1CCCC(CNC2CC(c3ccccc3Cl)C2)C1. The molecule has 2 atom stereocenters. The molecule has 2 nitrogen and oxygen atoms in total. The average molecular weight is 294 g/mol. The minimum atomic E-state index is -0.0622. The number of aliphatic hydroxyl groups is 1. The fourth-order valence-electron chi connectivity index (χ4n) is 3.63. The van der Waals surface area contributed by atoms with Crippen LogP contribution in [0.1, 0.15) is 50.0 Å². The summed E-state index contributed by atoms with van der Waals surface area (Å²) in [7, 11) is 0. The predicted molar refractivity (Wildman–Crippen MR) is 83.2 cm³/mol. The highest BCUT2D eigenvalue weighted by Crippen LogP contribution is 2.40. The van der Waals surface area contributed by atoms with Crippen molar-refractivity contribution in [1.29, 1.82) is 0 Å². The van der Waals surface area contributed by atoms with Crippen LogP contribution in [0.5, 0.6) is 0 Å². The van der Waals surface area contributed by atoms with Crippen molar-refractivity contribution < 1.29 is 5.11 Å². The summed E-state index contributed by atoms with van der Waals surface area (Å²) in [5.74, 6) is 1.29. The van der Waals surface area contributed by atoms with E-state index in [2.05, 4.69) is 17.4 Å². The van der Waals surface area contributed by atoms with Gasteiger partial charge in [0.2, 0.25) is 0 Å². The van der Waals surface area contributed by atoms with Gasteiger partial charge in [-0.05, 0) is 62.1 Å². The molecule has 2 aliphatic rings. The highest BCUT2D eigenvalue weighted by molar-refractivity contribution is 6.31. The normalized spacial score (nSPS) is 33.7. The molecule has 2 N–H and O–H groups in total. The van der Waals surface area contributed by atoms with Gasteiger partial charge in [0.1, 0.15) is 0 Å². The van der Waals surface area contributed by atoms with Gasteiger partial charge in [0, 0.05) is 11.1 Å². The van der Waals surface area contributed by atoms with Crippen LogP contribution in [-0.4, -0.2) is 23.8 Å². The van der Waals surface area contributed by atoms with Crippen LogP contribution in [0.4, 0.5) is 0 Å². The quantitative estimate of drug-likeness (QED) is 0.886. The Kier molecular flexibility index (Phi) is 4.65. The third kappa shape index (κ3) is 3.36. The van der Waals surface area contributed by atoms with E-state index < -0.39 is 0 Å². The predicted octanol–water partition coefficient (Wildman–Crippen LogP) is 3.73. The first kappa shape index (κ1) is 14.4. The zero-order valence-electron chi connectivity index (χ0n) is 11.9. The van der Waals surface area contributed by atoms with Crippen molar-refractivity contribution >= 4 is 11.6 Å². The van der Waals surface area contributed by atoms with E-state index in [0.717, 1.165) is 24.4 Å². The summed E-state index contributed by atoms with van der Waals surface area (Å²) < 4.78 is 0. The lowest BCUT2D eigenvalue weighted by molar-refractivity contribution is 0.0976. The van der Waals surface area contributed by atoms with Crippen molar-refractivity contribution in [3.63, 3.8) is 0 Å². The molecular weight excluding hydrogens is 270 g/mol. The van der Waals surface area contributed by atoms with Crippen LogP contribution >= 0.6 is 11.6 Å². The van der Waals surface area contributed by atoms with Crippen molar-refractivity contribution in [3.05, 3.63) is 34.9 Å². The molecule has 1 aromatic carbocycles. The van der Waals surface area contributed by atoms with Gasteiger partial charge in [-0.15, -0.1) is 0 Å². The molecular formula is C17H24ClNO. The Balaban J connectivity index is 1.41. The zero-order chi connectivity index (χ0) is 13.9. The first-order chi connectivity index (χ1) is 9.72. The molecule has 2 aliphatic carbocycles. The van der Waals surface area contributed by atoms with Crippen LogP contribution < -0.4 is 5.32 Å². The Hall–Kier alpha value is -0.570. The smallest absolute Gasteiger partial charge is 0.0543 e. The largest absolute Gasteiger partial charge is 0.393 e. The lowest BCUT2D eigenvalue weighted by Crippen LogP contribution is -2.43. The Morgan fingerprint density at radius 1 is 1.15 bits per heavy atom. The summed E-state index contributed by atoms with van der Waals surface area (Å²) in [4.78, 5) is 0. The lowest BCUT2D eigenvalue weighted by Gasteiger charge is -2.38. The minimum absolute atomic E-state index is 0.0622. The molecule has 2 saturated carbocycles. The highest BCUT2D eigenvalue weighted by atomic mass is 35.5. The number of nitrogens with one attached hydrogen (secondary N) is 1. The summed E-state index contributed by atoms with van der Waals surface area (Å²) in [6.45, 7) is 1.07. The molecule has 3 rings (SSSR count). The molecule has 110 valence electrons. The van der Waals surface area contributed by atoms with Gasteiger partial charge in [0.15, 0.2) is 0 Å². The standard InChI is InChI=1S/C17H24ClNO/c18-17-7-2-1-6-16(17)13-9-14(10-13)19-11-12-4-3-5-15(20)8-12/h1-2,6-7,12-15,19-20H,3-5,8-11H2. The highest BCUT2D eigenvalue weighted by Gasteiger charge is 2.31. The molecule has 0 aromatic heterocycles. The first-order valence-electron chi connectivity index (χ1n) is 7.88. The van der Waals surface area contributed by atoms with Gasteiger partial charge in [0.05, 0.1) is 6.10 Å². The molecule has 0 heterocycles. The van der Waals surface area contributed by atoms with Gasteiger partial charge in [-0.25, -0.2) is 0 Å². The summed E-state index contributed by atoms with van der Waals surface area (Å²) in [5, 5.41) is 14.3. The van der Waals surface area contributed by atoms with Crippen LogP contribution in [0.3, 0.4) is 0 Å². The number of benzene rings is 1. The number of aliphatic hydroxyl groups excluding tert-OH is 1. The molecule has 2 unspecified atom stereocenters. The van der Waals surface area contributed by atoms with Crippen LogP contribution in [0.2, 0.25) is 5.02 Å². The van der Waals surface area contributed by atoms with Gasteiger partial charge in [-0.2, -0.15) is 0 Å². The average Bonchev–Trinajstić information content (AvgIpc) is 2.39. The minimum Gasteiger partial charge on any atom is -0.393 e. The summed E-state index contributed by atoms with van der Waals surface area (Å²) in [5.41, 5.74) is 1.31. The van der Waals surface area contributed by atoms with Gasteiger partial charge in [-0.3, -0.25) is 0 Å². The van der Waals surface area contributed by atoms with E-state index in [-0.39, 0.29) is 6.10 Å². The maximum absolute atomic E-state index is 9.69. The van der Waals surface area contributed by atoms with Crippen LogP contribution in [0, 0.1) is 5.92 Å². The fraction of sp³-hybridized carbons (Fsp3) is 0.647. The molecule has 1 aromatic rings. The molecule has 3 heteroatoms. The van der Waals surface area contributed by atoms with Crippen LogP contribution in [0.15, 0.2) is 24.3 Å². The molecule has 2 fully saturated rings. The van der Waals surface area contributed by atoms with E-state index in [9.17, 15) is 5.11 Å². The van der Waals surface area contributed by atoms with E-state index >= 15 is 0 Å². The topological polar surface area (TPSA) is 32.3 Å². The number of halogens is 1. The van der Waals surface area contributed by atoms with Crippen LogP contribution in [0.25, 0.3) is 0 Å².